The van der Waals surface area contributed by atoms with Crippen LogP contribution in [0.2, 0.25) is 0 Å². The molecule has 2 rings (SSSR count). The molecule has 2 aromatic rings. The van der Waals surface area contributed by atoms with Crippen molar-refractivity contribution in [2.24, 2.45) is 0 Å². The summed E-state index contributed by atoms with van der Waals surface area (Å²) in [4.78, 5) is 18.9. The van der Waals surface area contributed by atoms with Crippen LogP contribution in [0, 0.1) is 13.8 Å². The van der Waals surface area contributed by atoms with E-state index in [9.17, 15) is 4.79 Å². The van der Waals surface area contributed by atoms with Crippen molar-refractivity contribution in [3.8, 4) is 0 Å². The third-order valence-electron chi connectivity index (χ3n) is 2.30. The van der Waals surface area contributed by atoms with Crippen LogP contribution in [0.5, 0.6) is 0 Å². The lowest BCUT2D eigenvalue weighted by Crippen LogP contribution is -2.09. The molecule has 8 heteroatoms. The predicted molar refractivity (Wildman–Crippen MR) is 66.5 cm³/mol. The number of carbonyl (C=O) groups is 1. The van der Waals surface area contributed by atoms with Gasteiger partial charge in [0.25, 0.3) is 0 Å². The third-order valence-corrected chi connectivity index (χ3v) is 2.30. The molecular formula is C11H14N6O2. The summed E-state index contributed by atoms with van der Waals surface area (Å²) in [5, 5.41) is 19.3. The van der Waals surface area contributed by atoms with Gasteiger partial charge in [-0.25, -0.2) is 14.6 Å². The molecule has 100 valence electrons. The lowest BCUT2D eigenvalue weighted by molar-refractivity contribution is -0.137. The van der Waals surface area contributed by atoms with Gasteiger partial charge in [0.05, 0.1) is 12.7 Å². The van der Waals surface area contributed by atoms with Gasteiger partial charge in [-0.3, -0.25) is 4.79 Å². The maximum Gasteiger partial charge on any atom is 0.325 e. The lowest BCUT2D eigenvalue weighted by Gasteiger charge is -2.04. The van der Waals surface area contributed by atoms with Crippen molar-refractivity contribution < 1.29 is 9.90 Å². The summed E-state index contributed by atoms with van der Waals surface area (Å²) in [6.45, 7) is 3.94. The van der Waals surface area contributed by atoms with Gasteiger partial charge in [0, 0.05) is 11.8 Å². The monoisotopic (exact) mass is 262 g/mol. The number of rotatable bonds is 5. The van der Waals surface area contributed by atoms with Crippen molar-refractivity contribution in [3.05, 3.63) is 29.5 Å². The number of carboxylic acid groups (broad SMARTS) is 1. The topological polar surface area (TPSA) is 106 Å². The lowest BCUT2D eigenvalue weighted by atomic mass is 10.4. The standard InChI is InChI=1S/C11H14N6O2/c1-7-3-10(14-8(2)13-7)12-4-9-5-17(16-15-9)6-11(18)19/h3,5H,4,6H2,1-2H3,(H,18,19)(H,12,13,14). The molecule has 0 unspecified atom stereocenters. The van der Waals surface area contributed by atoms with E-state index in [1.165, 1.54) is 4.68 Å². The van der Waals surface area contributed by atoms with Crippen molar-refractivity contribution in [2.75, 3.05) is 5.32 Å². The fourth-order valence-corrected chi connectivity index (χ4v) is 1.62. The average molecular weight is 262 g/mol. The van der Waals surface area contributed by atoms with Gasteiger partial charge in [0.15, 0.2) is 0 Å². The Kier molecular flexibility index (Phi) is 3.69. The molecule has 0 aliphatic carbocycles. The van der Waals surface area contributed by atoms with Gasteiger partial charge in [-0.05, 0) is 13.8 Å². The molecule has 2 aromatic heterocycles. The normalized spacial score (nSPS) is 10.4. The summed E-state index contributed by atoms with van der Waals surface area (Å²) in [5.74, 6) is 0.446. The zero-order chi connectivity index (χ0) is 13.8. The van der Waals surface area contributed by atoms with Gasteiger partial charge >= 0.3 is 5.97 Å². The van der Waals surface area contributed by atoms with E-state index >= 15 is 0 Å². The maximum absolute atomic E-state index is 10.5. The van der Waals surface area contributed by atoms with Crippen LogP contribution in [0.25, 0.3) is 0 Å². The van der Waals surface area contributed by atoms with Crippen LogP contribution in [0.4, 0.5) is 5.82 Å². The molecule has 2 heterocycles. The molecule has 0 aromatic carbocycles. The SMILES string of the molecule is Cc1cc(NCc2cn(CC(=O)O)nn2)nc(C)n1. The molecule has 0 amide bonds. The second kappa shape index (κ2) is 5.42. The average Bonchev–Trinajstić information content (AvgIpc) is 2.72. The highest BCUT2D eigenvalue weighted by molar-refractivity contribution is 5.66. The maximum atomic E-state index is 10.5. The zero-order valence-corrected chi connectivity index (χ0v) is 10.7. The first kappa shape index (κ1) is 12.9. The number of hydrogen-bond acceptors (Lipinski definition) is 6. The summed E-state index contributed by atoms with van der Waals surface area (Å²) >= 11 is 0. The van der Waals surface area contributed by atoms with Gasteiger partial charge in [0.1, 0.15) is 23.9 Å². The Morgan fingerprint density at radius 3 is 2.89 bits per heavy atom. The Balaban J connectivity index is 1.98. The van der Waals surface area contributed by atoms with Crippen molar-refractivity contribution in [2.45, 2.75) is 26.9 Å². The van der Waals surface area contributed by atoms with E-state index in [-0.39, 0.29) is 6.54 Å². The first-order valence-electron chi connectivity index (χ1n) is 5.70. The highest BCUT2D eigenvalue weighted by Gasteiger charge is 2.05. The van der Waals surface area contributed by atoms with Crippen molar-refractivity contribution in [3.63, 3.8) is 0 Å². The molecule has 0 saturated heterocycles. The smallest absolute Gasteiger partial charge is 0.325 e. The van der Waals surface area contributed by atoms with Crippen LogP contribution in [0.3, 0.4) is 0 Å². The van der Waals surface area contributed by atoms with Crippen LogP contribution in [-0.4, -0.2) is 36.0 Å². The van der Waals surface area contributed by atoms with Crippen LogP contribution in [-0.2, 0) is 17.9 Å². The Labute approximate surface area is 109 Å². The first-order chi connectivity index (χ1) is 9.02. The molecule has 0 radical (unpaired) electrons. The fourth-order valence-electron chi connectivity index (χ4n) is 1.62. The van der Waals surface area contributed by atoms with Gasteiger partial charge in [0.2, 0.25) is 0 Å². The van der Waals surface area contributed by atoms with E-state index in [1.54, 1.807) is 6.20 Å². The zero-order valence-electron chi connectivity index (χ0n) is 10.7. The number of aromatic nitrogens is 5. The minimum absolute atomic E-state index is 0.196. The molecule has 0 fully saturated rings. The minimum atomic E-state index is -0.952. The Morgan fingerprint density at radius 2 is 2.21 bits per heavy atom. The minimum Gasteiger partial charge on any atom is -0.480 e. The number of nitrogens with zero attached hydrogens (tertiary/aromatic N) is 5. The molecule has 0 saturated carbocycles. The van der Waals surface area contributed by atoms with Gasteiger partial charge in [-0.2, -0.15) is 0 Å². The van der Waals surface area contributed by atoms with E-state index in [4.69, 9.17) is 5.11 Å². The van der Waals surface area contributed by atoms with Crippen molar-refractivity contribution >= 4 is 11.8 Å². The Bertz CT molecular complexity index is 574. The largest absolute Gasteiger partial charge is 0.480 e. The molecule has 0 bridgehead atoms. The molecule has 2 N–H and O–H groups in total. The predicted octanol–water partition coefficient (Wildman–Crippen LogP) is 0.382. The molecule has 0 spiro atoms. The van der Waals surface area contributed by atoms with Crippen molar-refractivity contribution in [1.82, 2.24) is 25.0 Å². The highest BCUT2D eigenvalue weighted by Crippen LogP contribution is 2.07. The number of carboxylic acids is 1. The highest BCUT2D eigenvalue weighted by atomic mass is 16.4. The Hall–Kier alpha value is -2.51. The van der Waals surface area contributed by atoms with Gasteiger partial charge < -0.3 is 10.4 Å². The van der Waals surface area contributed by atoms with Crippen LogP contribution in [0.15, 0.2) is 12.3 Å². The summed E-state index contributed by atoms with van der Waals surface area (Å²) in [5.41, 5.74) is 1.53. The summed E-state index contributed by atoms with van der Waals surface area (Å²) in [7, 11) is 0. The van der Waals surface area contributed by atoms with E-state index < -0.39 is 5.97 Å². The van der Waals surface area contributed by atoms with Gasteiger partial charge in [-0.15, -0.1) is 5.10 Å². The number of aryl methyl sites for hydroxylation is 2. The quantitative estimate of drug-likeness (QED) is 0.802. The molecule has 0 aliphatic rings. The molecular weight excluding hydrogens is 248 g/mol. The van der Waals surface area contributed by atoms with Gasteiger partial charge in [-0.1, -0.05) is 5.21 Å². The van der Waals surface area contributed by atoms with Crippen LogP contribution < -0.4 is 5.32 Å². The number of aliphatic carboxylic acids is 1. The summed E-state index contributed by atoms with van der Waals surface area (Å²) in [6.07, 6.45) is 1.59. The van der Waals surface area contributed by atoms with Crippen LogP contribution in [0.1, 0.15) is 17.2 Å². The fraction of sp³-hybridized carbons (Fsp3) is 0.364. The molecule has 0 atom stereocenters. The molecule has 0 aliphatic heterocycles. The number of nitrogens with one attached hydrogen (secondary N) is 1. The third kappa shape index (κ3) is 3.73. The van der Waals surface area contributed by atoms with E-state index in [1.807, 2.05) is 19.9 Å². The first-order valence-corrected chi connectivity index (χ1v) is 5.70. The second-order valence-corrected chi connectivity index (χ2v) is 4.10. The second-order valence-electron chi connectivity index (χ2n) is 4.10. The number of hydrogen-bond donors (Lipinski definition) is 2. The van der Waals surface area contributed by atoms with E-state index in [0.717, 1.165) is 5.69 Å². The summed E-state index contributed by atoms with van der Waals surface area (Å²) in [6, 6.07) is 1.83. The van der Waals surface area contributed by atoms with Crippen molar-refractivity contribution in [1.29, 1.82) is 0 Å². The van der Waals surface area contributed by atoms with E-state index in [0.29, 0.717) is 23.9 Å². The molecule has 19 heavy (non-hydrogen) atoms. The van der Waals surface area contributed by atoms with E-state index in [2.05, 4.69) is 25.6 Å². The Morgan fingerprint density at radius 1 is 1.42 bits per heavy atom. The summed E-state index contributed by atoms with van der Waals surface area (Å²) < 4.78 is 1.27. The van der Waals surface area contributed by atoms with Crippen LogP contribution >= 0.6 is 0 Å². The number of anilines is 1. The molecule has 8 nitrogen and oxygen atoms in total.